The average Bonchev–Trinajstić information content (AvgIpc) is 2.05. The standard InChI is InChI=1S/C7H7O4P/c8-7(11-12(9)10)6-4-2-1-3-5-6/h1-5,7-8H/p+1. The molecule has 2 atom stereocenters. The van der Waals surface area contributed by atoms with Crippen LogP contribution >= 0.6 is 8.25 Å². The molecule has 5 heteroatoms. The molecule has 1 aromatic rings. The molecule has 0 saturated carbocycles. The lowest BCUT2D eigenvalue weighted by Gasteiger charge is -2.01. The van der Waals surface area contributed by atoms with E-state index in [1.165, 1.54) is 0 Å². The minimum atomic E-state index is -2.76. The van der Waals surface area contributed by atoms with E-state index in [1.807, 2.05) is 0 Å². The van der Waals surface area contributed by atoms with Crippen LogP contribution < -0.4 is 0 Å². The molecular weight excluding hydrogens is 179 g/mol. The first kappa shape index (κ1) is 9.29. The number of benzene rings is 1. The molecular formula is C7H8O4P+. The summed E-state index contributed by atoms with van der Waals surface area (Å²) >= 11 is 0. The van der Waals surface area contributed by atoms with Crippen LogP contribution in [0.4, 0.5) is 0 Å². The third kappa shape index (κ3) is 2.68. The maximum atomic E-state index is 10.1. The highest BCUT2D eigenvalue weighted by Crippen LogP contribution is 2.25. The first-order valence-electron chi connectivity index (χ1n) is 3.26. The SMILES string of the molecule is O=[P+](O)OC(O)c1ccccc1. The van der Waals surface area contributed by atoms with Crippen molar-refractivity contribution in [2.45, 2.75) is 6.29 Å². The second-order valence-electron chi connectivity index (χ2n) is 2.11. The minimum Gasteiger partial charge on any atom is -0.361 e. The molecule has 0 amide bonds. The number of aliphatic hydroxyl groups excluding tert-OH is 1. The summed E-state index contributed by atoms with van der Waals surface area (Å²) in [6, 6.07) is 8.38. The van der Waals surface area contributed by atoms with Crippen molar-refractivity contribution >= 4 is 8.25 Å². The van der Waals surface area contributed by atoms with Gasteiger partial charge in [0.25, 0.3) is 0 Å². The summed E-state index contributed by atoms with van der Waals surface area (Å²) in [6.45, 7) is 0. The molecule has 0 aliphatic rings. The van der Waals surface area contributed by atoms with Gasteiger partial charge in [0.15, 0.2) is 0 Å². The molecule has 0 aliphatic heterocycles. The Labute approximate surface area is 70.4 Å². The van der Waals surface area contributed by atoms with Gasteiger partial charge in [-0.05, 0) is 0 Å². The van der Waals surface area contributed by atoms with E-state index in [0.717, 1.165) is 0 Å². The van der Waals surface area contributed by atoms with Gasteiger partial charge in [0, 0.05) is 10.1 Å². The zero-order chi connectivity index (χ0) is 8.97. The van der Waals surface area contributed by atoms with Crippen LogP contribution in [0.1, 0.15) is 11.9 Å². The van der Waals surface area contributed by atoms with Crippen LogP contribution in [0.15, 0.2) is 30.3 Å². The van der Waals surface area contributed by atoms with E-state index < -0.39 is 14.5 Å². The van der Waals surface area contributed by atoms with Gasteiger partial charge in [-0.15, -0.1) is 4.89 Å². The first-order valence-corrected chi connectivity index (χ1v) is 4.39. The summed E-state index contributed by atoms with van der Waals surface area (Å²) in [6.07, 6.45) is -1.33. The third-order valence-electron chi connectivity index (χ3n) is 1.27. The number of rotatable bonds is 3. The molecule has 12 heavy (non-hydrogen) atoms. The van der Waals surface area contributed by atoms with Crippen molar-refractivity contribution in [1.82, 2.24) is 0 Å². The van der Waals surface area contributed by atoms with Crippen LogP contribution in [-0.2, 0) is 9.09 Å². The van der Waals surface area contributed by atoms with Gasteiger partial charge >= 0.3 is 8.25 Å². The predicted molar refractivity (Wildman–Crippen MR) is 42.3 cm³/mol. The monoisotopic (exact) mass is 187 g/mol. The Morgan fingerprint density at radius 1 is 1.33 bits per heavy atom. The van der Waals surface area contributed by atoms with E-state index in [9.17, 15) is 4.57 Å². The van der Waals surface area contributed by atoms with E-state index in [-0.39, 0.29) is 0 Å². The molecule has 1 aromatic carbocycles. The summed E-state index contributed by atoms with van der Waals surface area (Å²) in [5, 5.41) is 9.12. The maximum Gasteiger partial charge on any atom is 0.697 e. The molecule has 0 aliphatic carbocycles. The smallest absolute Gasteiger partial charge is 0.361 e. The predicted octanol–water partition coefficient (Wildman–Crippen LogP) is 1.34. The van der Waals surface area contributed by atoms with Crippen molar-refractivity contribution in [1.29, 1.82) is 0 Å². The molecule has 64 valence electrons. The average molecular weight is 187 g/mol. The lowest BCUT2D eigenvalue weighted by atomic mass is 10.2. The Morgan fingerprint density at radius 2 is 1.92 bits per heavy atom. The van der Waals surface area contributed by atoms with Crippen LogP contribution in [0.3, 0.4) is 0 Å². The van der Waals surface area contributed by atoms with Crippen LogP contribution in [0.5, 0.6) is 0 Å². The van der Waals surface area contributed by atoms with Crippen molar-refractivity contribution < 1.29 is 19.1 Å². The summed E-state index contributed by atoms with van der Waals surface area (Å²) in [4.78, 5) is 8.31. The Morgan fingerprint density at radius 3 is 2.42 bits per heavy atom. The lowest BCUT2D eigenvalue weighted by Crippen LogP contribution is -1.96. The summed E-state index contributed by atoms with van der Waals surface area (Å²) < 4.78 is 14.4. The van der Waals surface area contributed by atoms with E-state index in [2.05, 4.69) is 4.52 Å². The minimum absolute atomic E-state index is 0.454. The Bertz CT molecular complexity index is 261. The van der Waals surface area contributed by atoms with E-state index in [4.69, 9.17) is 10.00 Å². The van der Waals surface area contributed by atoms with Crippen molar-refractivity contribution in [2.24, 2.45) is 0 Å². The van der Waals surface area contributed by atoms with Crippen LogP contribution in [-0.4, -0.2) is 10.00 Å². The van der Waals surface area contributed by atoms with Crippen molar-refractivity contribution in [3.8, 4) is 0 Å². The van der Waals surface area contributed by atoms with E-state index in [0.29, 0.717) is 5.56 Å². The second kappa shape index (κ2) is 4.28. The van der Waals surface area contributed by atoms with Crippen LogP contribution in [0.25, 0.3) is 0 Å². The fraction of sp³-hybridized carbons (Fsp3) is 0.143. The van der Waals surface area contributed by atoms with Gasteiger partial charge in [0.05, 0.1) is 0 Å². The largest absolute Gasteiger partial charge is 0.697 e. The number of aliphatic hydroxyl groups is 1. The van der Waals surface area contributed by atoms with Crippen molar-refractivity contribution in [3.05, 3.63) is 35.9 Å². The molecule has 0 aromatic heterocycles. The molecule has 0 fully saturated rings. The van der Waals surface area contributed by atoms with E-state index >= 15 is 0 Å². The molecule has 0 radical (unpaired) electrons. The van der Waals surface area contributed by atoms with Gasteiger partial charge in [-0.25, -0.2) is 0 Å². The summed E-state index contributed by atoms with van der Waals surface area (Å²) in [5.74, 6) is 0. The van der Waals surface area contributed by atoms with Gasteiger partial charge in [-0.1, -0.05) is 34.9 Å². The lowest BCUT2D eigenvalue weighted by molar-refractivity contribution is -0.0207. The van der Waals surface area contributed by atoms with Gasteiger partial charge in [-0.3, -0.25) is 0 Å². The molecule has 2 unspecified atom stereocenters. The second-order valence-corrected chi connectivity index (χ2v) is 2.79. The zero-order valence-corrected chi connectivity index (χ0v) is 7.02. The fourth-order valence-electron chi connectivity index (χ4n) is 0.764. The molecule has 0 saturated heterocycles. The summed E-state index contributed by atoms with van der Waals surface area (Å²) in [5.41, 5.74) is 0.454. The van der Waals surface area contributed by atoms with Gasteiger partial charge in [0.1, 0.15) is 0 Å². The molecule has 0 spiro atoms. The fourth-order valence-corrected chi connectivity index (χ4v) is 1.06. The van der Waals surface area contributed by atoms with Crippen LogP contribution in [0, 0.1) is 0 Å². The highest BCUT2D eigenvalue weighted by Gasteiger charge is 2.21. The topological polar surface area (TPSA) is 66.8 Å². The first-order chi connectivity index (χ1) is 5.70. The van der Waals surface area contributed by atoms with Crippen molar-refractivity contribution in [2.75, 3.05) is 0 Å². The van der Waals surface area contributed by atoms with Crippen molar-refractivity contribution in [3.63, 3.8) is 0 Å². The molecule has 0 bridgehead atoms. The Hall–Kier alpha value is -0.800. The zero-order valence-electron chi connectivity index (χ0n) is 6.12. The molecule has 4 nitrogen and oxygen atoms in total. The summed E-state index contributed by atoms with van der Waals surface area (Å²) in [7, 11) is -2.76. The highest BCUT2D eigenvalue weighted by molar-refractivity contribution is 7.32. The van der Waals surface area contributed by atoms with Gasteiger partial charge in [0.2, 0.25) is 6.29 Å². The molecule has 0 heterocycles. The maximum absolute atomic E-state index is 10.1. The number of hydrogen-bond acceptors (Lipinski definition) is 3. The normalized spacial score (nSPS) is 14.0. The molecule has 2 N–H and O–H groups in total. The Balaban J connectivity index is 2.65. The number of hydrogen-bond donors (Lipinski definition) is 2. The highest BCUT2D eigenvalue weighted by atomic mass is 31.1. The third-order valence-corrected chi connectivity index (χ3v) is 1.65. The molecule has 1 rings (SSSR count). The van der Waals surface area contributed by atoms with E-state index in [1.54, 1.807) is 30.3 Å². The van der Waals surface area contributed by atoms with Gasteiger partial charge in [-0.2, -0.15) is 0 Å². The Kier molecular flexibility index (Phi) is 3.31. The quantitative estimate of drug-likeness (QED) is 0.553. The van der Waals surface area contributed by atoms with Gasteiger partial charge < -0.3 is 5.11 Å². The van der Waals surface area contributed by atoms with Crippen LogP contribution in [0.2, 0.25) is 0 Å².